The van der Waals surface area contributed by atoms with Crippen LogP contribution in [0.5, 0.6) is 0 Å². The summed E-state index contributed by atoms with van der Waals surface area (Å²) in [6.07, 6.45) is 5.21. The number of nitrogens with one attached hydrogen (secondary N) is 1. The minimum absolute atomic E-state index is 0.0222. The molecule has 0 amide bonds. The molecule has 1 aromatic rings. The van der Waals surface area contributed by atoms with E-state index in [1.165, 1.54) is 10.5 Å². The van der Waals surface area contributed by atoms with Gasteiger partial charge in [-0.2, -0.15) is 16.1 Å². The normalized spacial score (nSPS) is 13.4. The van der Waals surface area contributed by atoms with Crippen LogP contribution >= 0.6 is 11.8 Å². The van der Waals surface area contributed by atoms with E-state index < -0.39 is 10.0 Å². The van der Waals surface area contributed by atoms with E-state index in [1.54, 1.807) is 30.9 Å². The van der Waals surface area contributed by atoms with Gasteiger partial charge in [0.15, 0.2) is 5.03 Å². The van der Waals surface area contributed by atoms with Crippen molar-refractivity contribution in [1.82, 2.24) is 9.29 Å². The zero-order valence-electron chi connectivity index (χ0n) is 13.2. The van der Waals surface area contributed by atoms with E-state index in [9.17, 15) is 8.42 Å². The molecule has 7 heteroatoms. The fourth-order valence-corrected chi connectivity index (χ4v) is 4.44. The number of rotatable bonds is 9. The van der Waals surface area contributed by atoms with Crippen LogP contribution in [0.4, 0.5) is 5.69 Å². The van der Waals surface area contributed by atoms with Gasteiger partial charge in [0.25, 0.3) is 10.0 Å². The lowest BCUT2D eigenvalue weighted by molar-refractivity contribution is 0.384. The van der Waals surface area contributed by atoms with Crippen LogP contribution in [-0.2, 0) is 10.0 Å². The standard InChI is InChI=1S/C14H25N3O2S2/c1-5-9-15-13-8-7-10-16-14(13)21(18,19)17(3)12(6-2)11-20-4/h7-8,10,12,15H,5-6,9,11H2,1-4H3. The molecule has 0 aliphatic carbocycles. The average molecular weight is 332 g/mol. The molecule has 0 saturated carbocycles. The highest BCUT2D eigenvalue weighted by Crippen LogP contribution is 2.24. The van der Waals surface area contributed by atoms with E-state index in [4.69, 9.17) is 0 Å². The van der Waals surface area contributed by atoms with Crippen molar-refractivity contribution in [1.29, 1.82) is 0 Å². The zero-order chi connectivity index (χ0) is 15.9. The third-order valence-electron chi connectivity index (χ3n) is 3.30. The smallest absolute Gasteiger partial charge is 0.262 e. The van der Waals surface area contributed by atoms with Crippen molar-refractivity contribution in [2.24, 2.45) is 0 Å². The quantitative estimate of drug-likeness (QED) is 0.754. The number of hydrogen-bond donors (Lipinski definition) is 1. The number of aromatic nitrogens is 1. The van der Waals surface area contributed by atoms with Crippen molar-refractivity contribution in [3.63, 3.8) is 0 Å². The Hall–Kier alpha value is -0.790. The molecule has 1 N–H and O–H groups in total. The van der Waals surface area contributed by atoms with Crippen LogP contribution in [-0.4, -0.2) is 49.3 Å². The van der Waals surface area contributed by atoms with E-state index in [0.717, 1.165) is 25.1 Å². The molecule has 120 valence electrons. The summed E-state index contributed by atoms with van der Waals surface area (Å²) >= 11 is 1.65. The van der Waals surface area contributed by atoms with Crippen LogP contribution in [0.1, 0.15) is 26.7 Å². The molecule has 0 fully saturated rings. The van der Waals surface area contributed by atoms with E-state index in [2.05, 4.69) is 10.3 Å². The minimum Gasteiger partial charge on any atom is -0.383 e. The second-order valence-electron chi connectivity index (χ2n) is 4.82. The topological polar surface area (TPSA) is 62.3 Å². The third-order valence-corrected chi connectivity index (χ3v) is 5.89. The highest BCUT2D eigenvalue weighted by molar-refractivity contribution is 7.98. The summed E-state index contributed by atoms with van der Waals surface area (Å²) in [5.74, 6) is 0.775. The van der Waals surface area contributed by atoms with Crippen molar-refractivity contribution in [3.05, 3.63) is 18.3 Å². The Morgan fingerprint density at radius 2 is 2.14 bits per heavy atom. The number of nitrogens with zero attached hydrogens (tertiary/aromatic N) is 2. The van der Waals surface area contributed by atoms with Gasteiger partial charge in [0.2, 0.25) is 0 Å². The maximum absolute atomic E-state index is 12.8. The number of sulfonamides is 1. The Morgan fingerprint density at radius 1 is 1.43 bits per heavy atom. The van der Waals surface area contributed by atoms with Crippen LogP contribution in [0.3, 0.4) is 0 Å². The van der Waals surface area contributed by atoms with Gasteiger partial charge < -0.3 is 5.32 Å². The second kappa shape index (κ2) is 8.60. The molecular formula is C14H25N3O2S2. The summed E-state index contributed by atoms with van der Waals surface area (Å²) in [6.45, 7) is 4.76. The number of thioether (sulfide) groups is 1. The summed E-state index contributed by atoms with van der Waals surface area (Å²) in [6, 6.07) is 3.49. The van der Waals surface area contributed by atoms with Gasteiger partial charge in [-0.3, -0.25) is 0 Å². The van der Waals surface area contributed by atoms with Gasteiger partial charge in [-0.1, -0.05) is 13.8 Å². The van der Waals surface area contributed by atoms with Gasteiger partial charge >= 0.3 is 0 Å². The van der Waals surface area contributed by atoms with Crippen molar-refractivity contribution in [3.8, 4) is 0 Å². The van der Waals surface area contributed by atoms with Crippen LogP contribution < -0.4 is 5.32 Å². The third kappa shape index (κ3) is 4.59. The SMILES string of the molecule is CCCNc1cccnc1S(=O)(=O)N(C)C(CC)CSC. The van der Waals surface area contributed by atoms with Gasteiger partial charge in [-0.25, -0.2) is 13.4 Å². The largest absolute Gasteiger partial charge is 0.383 e. The minimum atomic E-state index is -3.59. The molecule has 1 aromatic heterocycles. The first-order chi connectivity index (χ1) is 9.98. The molecule has 21 heavy (non-hydrogen) atoms. The van der Waals surface area contributed by atoms with E-state index in [1.807, 2.05) is 20.1 Å². The van der Waals surface area contributed by atoms with Crippen molar-refractivity contribution in [2.75, 3.05) is 30.9 Å². The van der Waals surface area contributed by atoms with Crippen molar-refractivity contribution in [2.45, 2.75) is 37.8 Å². The molecule has 0 bridgehead atoms. The van der Waals surface area contributed by atoms with Gasteiger partial charge in [-0.15, -0.1) is 0 Å². The number of hydrogen-bond acceptors (Lipinski definition) is 5. The first kappa shape index (κ1) is 18.3. The number of pyridine rings is 1. The zero-order valence-corrected chi connectivity index (χ0v) is 14.8. The molecule has 0 aliphatic rings. The molecule has 0 spiro atoms. The fourth-order valence-electron chi connectivity index (χ4n) is 2.00. The summed E-state index contributed by atoms with van der Waals surface area (Å²) in [4.78, 5) is 4.10. The predicted octanol–water partition coefficient (Wildman–Crippen LogP) is 2.67. The van der Waals surface area contributed by atoms with Gasteiger partial charge in [-0.05, 0) is 31.2 Å². The van der Waals surface area contributed by atoms with Gasteiger partial charge in [0, 0.05) is 31.6 Å². The first-order valence-electron chi connectivity index (χ1n) is 7.14. The summed E-state index contributed by atoms with van der Waals surface area (Å²) < 4.78 is 27.1. The average Bonchev–Trinajstić information content (AvgIpc) is 2.50. The summed E-state index contributed by atoms with van der Waals surface area (Å²) in [7, 11) is -1.95. The first-order valence-corrected chi connectivity index (χ1v) is 9.98. The summed E-state index contributed by atoms with van der Waals surface area (Å²) in [5.41, 5.74) is 0.574. The van der Waals surface area contributed by atoms with Crippen molar-refractivity contribution >= 4 is 27.5 Å². The van der Waals surface area contributed by atoms with E-state index in [0.29, 0.717) is 5.69 Å². The molecule has 1 heterocycles. The van der Waals surface area contributed by atoms with Gasteiger partial charge in [0.1, 0.15) is 0 Å². The lowest BCUT2D eigenvalue weighted by Crippen LogP contribution is -2.39. The van der Waals surface area contributed by atoms with Crippen molar-refractivity contribution < 1.29 is 8.42 Å². The molecule has 5 nitrogen and oxygen atoms in total. The molecule has 1 unspecified atom stereocenters. The molecular weight excluding hydrogens is 306 g/mol. The Balaban J connectivity index is 3.12. The van der Waals surface area contributed by atoms with Crippen LogP contribution in [0.25, 0.3) is 0 Å². The maximum Gasteiger partial charge on any atom is 0.262 e. The maximum atomic E-state index is 12.8. The Labute approximate surface area is 132 Å². The second-order valence-corrected chi connectivity index (χ2v) is 7.65. The Bertz CT molecular complexity index is 535. The molecule has 1 rings (SSSR count). The Morgan fingerprint density at radius 3 is 2.71 bits per heavy atom. The highest BCUT2D eigenvalue weighted by atomic mass is 32.2. The Kier molecular flexibility index (Phi) is 7.48. The fraction of sp³-hybridized carbons (Fsp3) is 0.643. The monoisotopic (exact) mass is 331 g/mol. The lowest BCUT2D eigenvalue weighted by atomic mass is 10.3. The lowest BCUT2D eigenvalue weighted by Gasteiger charge is -2.26. The molecule has 0 aromatic carbocycles. The molecule has 0 aliphatic heterocycles. The van der Waals surface area contributed by atoms with Gasteiger partial charge in [0.05, 0.1) is 5.69 Å². The van der Waals surface area contributed by atoms with Crippen LogP contribution in [0, 0.1) is 0 Å². The van der Waals surface area contributed by atoms with Crippen LogP contribution in [0.15, 0.2) is 23.4 Å². The highest BCUT2D eigenvalue weighted by Gasteiger charge is 2.30. The van der Waals surface area contributed by atoms with Crippen LogP contribution in [0.2, 0.25) is 0 Å². The molecule has 1 atom stereocenters. The predicted molar refractivity (Wildman–Crippen MR) is 90.4 cm³/mol. The summed E-state index contributed by atoms with van der Waals surface area (Å²) in [5, 5.41) is 3.25. The number of anilines is 1. The van der Waals surface area contributed by atoms with E-state index >= 15 is 0 Å². The van der Waals surface area contributed by atoms with E-state index in [-0.39, 0.29) is 11.1 Å². The molecule has 0 saturated heterocycles. The molecule has 0 radical (unpaired) electrons.